The molecule has 0 atom stereocenters. The number of alkyl halides is 1. The van der Waals surface area contributed by atoms with Crippen molar-refractivity contribution in [1.82, 2.24) is 0 Å². The van der Waals surface area contributed by atoms with Gasteiger partial charge in [0.2, 0.25) is 0 Å². The number of nitrogens with zero attached hydrogens (tertiary/aromatic N) is 3. The van der Waals surface area contributed by atoms with E-state index in [9.17, 15) is 0 Å². The van der Waals surface area contributed by atoms with Crippen LogP contribution in [0.2, 0.25) is 0 Å². The lowest BCUT2D eigenvalue weighted by Crippen LogP contribution is -1.72. The molecule has 0 bridgehead atoms. The molecule has 0 saturated carbocycles. The van der Waals surface area contributed by atoms with E-state index in [1.54, 1.807) is 6.07 Å². The molecule has 0 amide bonds. The fraction of sp³-hybridized carbons (Fsp3) is 0.111. The molecular weight excluding hydrogens is 230 g/mol. The Hall–Kier alpha value is -1.25. The number of rotatable bonds is 3. The van der Waals surface area contributed by atoms with E-state index in [4.69, 9.17) is 5.53 Å². The van der Waals surface area contributed by atoms with Crippen molar-refractivity contribution in [1.29, 1.82) is 0 Å². The minimum atomic E-state index is 0.655. The van der Waals surface area contributed by atoms with Crippen LogP contribution in [0.3, 0.4) is 0 Å². The van der Waals surface area contributed by atoms with Crippen molar-refractivity contribution in [3.05, 3.63) is 46.3 Å². The topological polar surface area (TPSA) is 48.8 Å². The van der Waals surface area contributed by atoms with Gasteiger partial charge >= 0.3 is 0 Å². The minimum Gasteiger partial charge on any atom is -0.0883 e. The van der Waals surface area contributed by atoms with Gasteiger partial charge in [-0.3, -0.25) is 0 Å². The molecule has 0 spiro atoms. The van der Waals surface area contributed by atoms with Crippen molar-refractivity contribution in [3.63, 3.8) is 0 Å². The SMILES string of the molecule is [N-]=[N+]=Nc1ccccc1C=CCBr. The van der Waals surface area contributed by atoms with Gasteiger partial charge in [0.1, 0.15) is 0 Å². The summed E-state index contributed by atoms with van der Waals surface area (Å²) < 4.78 is 0. The summed E-state index contributed by atoms with van der Waals surface area (Å²) in [6.07, 6.45) is 3.87. The first-order chi connectivity index (χ1) is 6.38. The molecule has 0 aromatic heterocycles. The summed E-state index contributed by atoms with van der Waals surface area (Å²) in [5.41, 5.74) is 9.88. The van der Waals surface area contributed by atoms with Crippen molar-refractivity contribution in [3.8, 4) is 0 Å². The normalized spacial score (nSPS) is 9.92. The van der Waals surface area contributed by atoms with Gasteiger partial charge < -0.3 is 0 Å². The van der Waals surface area contributed by atoms with Crippen molar-refractivity contribution < 1.29 is 0 Å². The van der Waals surface area contributed by atoms with E-state index in [0.717, 1.165) is 10.9 Å². The van der Waals surface area contributed by atoms with Gasteiger partial charge in [-0.1, -0.05) is 57.5 Å². The number of azide groups is 1. The maximum absolute atomic E-state index is 8.29. The molecule has 1 aromatic carbocycles. The standard InChI is InChI=1S/C9H8BrN3/c10-7-3-5-8-4-1-2-6-9(8)12-13-11/h1-6H,7H2. The van der Waals surface area contributed by atoms with Crippen LogP contribution in [0.25, 0.3) is 16.5 Å². The lowest BCUT2D eigenvalue weighted by Gasteiger charge is -1.96. The Morgan fingerprint density at radius 1 is 1.46 bits per heavy atom. The summed E-state index contributed by atoms with van der Waals surface area (Å²) in [7, 11) is 0. The lowest BCUT2D eigenvalue weighted by molar-refractivity contribution is 1.46. The quantitative estimate of drug-likeness (QED) is 0.330. The third-order valence-corrected chi connectivity index (χ3v) is 1.85. The van der Waals surface area contributed by atoms with E-state index >= 15 is 0 Å². The summed E-state index contributed by atoms with van der Waals surface area (Å²) in [4.78, 5) is 2.75. The molecule has 0 heterocycles. The zero-order valence-electron chi connectivity index (χ0n) is 6.89. The largest absolute Gasteiger partial charge is 0.0883 e. The number of hydrogen-bond acceptors (Lipinski definition) is 1. The summed E-state index contributed by atoms with van der Waals surface area (Å²) in [6, 6.07) is 7.44. The molecule has 3 nitrogen and oxygen atoms in total. The molecule has 4 heteroatoms. The van der Waals surface area contributed by atoms with Crippen LogP contribution in [0, 0.1) is 0 Å². The highest BCUT2D eigenvalue weighted by atomic mass is 79.9. The first-order valence-electron chi connectivity index (χ1n) is 3.75. The third-order valence-electron chi connectivity index (χ3n) is 1.48. The van der Waals surface area contributed by atoms with Gasteiger partial charge in [0.15, 0.2) is 0 Å². The van der Waals surface area contributed by atoms with E-state index in [-0.39, 0.29) is 0 Å². The smallest absolute Gasteiger partial charge is 0.0447 e. The van der Waals surface area contributed by atoms with Crippen molar-refractivity contribution >= 4 is 27.7 Å². The van der Waals surface area contributed by atoms with E-state index < -0.39 is 0 Å². The Kier molecular flexibility index (Phi) is 4.09. The molecule has 13 heavy (non-hydrogen) atoms. The monoisotopic (exact) mass is 237 g/mol. The second-order valence-corrected chi connectivity index (χ2v) is 2.95. The molecule has 66 valence electrons. The molecule has 0 aliphatic heterocycles. The van der Waals surface area contributed by atoms with E-state index in [1.165, 1.54) is 0 Å². The minimum absolute atomic E-state index is 0.655. The van der Waals surface area contributed by atoms with Crippen LogP contribution in [0.4, 0.5) is 5.69 Å². The first-order valence-corrected chi connectivity index (χ1v) is 4.87. The van der Waals surface area contributed by atoms with Crippen LogP contribution in [0.5, 0.6) is 0 Å². The fourth-order valence-electron chi connectivity index (χ4n) is 0.939. The molecule has 1 aromatic rings. The zero-order chi connectivity index (χ0) is 9.52. The predicted molar refractivity (Wildman–Crippen MR) is 58.1 cm³/mol. The second-order valence-electron chi connectivity index (χ2n) is 2.30. The summed E-state index contributed by atoms with van der Waals surface area (Å²) in [5.74, 6) is 0. The zero-order valence-corrected chi connectivity index (χ0v) is 8.48. The van der Waals surface area contributed by atoms with Crippen LogP contribution in [0.15, 0.2) is 35.5 Å². The maximum atomic E-state index is 8.29. The van der Waals surface area contributed by atoms with Crippen LogP contribution < -0.4 is 0 Å². The van der Waals surface area contributed by atoms with Gasteiger partial charge in [-0.05, 0) is 11.1 Å². The van der Waals surface area contributed by atoms with Gasteiger partial charge in [0.05, 0.1) is 0 Å². The lowest BCUT2D eigenvalue weighted by atomic mass is 10.2. The van der Waals surface area contributed by atoms with Crippen molar-refractivity contribution in [2.45, 2.75) is 0 Å². The first kappa shape index (κ1) is 9.84. The second kappa shape index (κ2) is 5.41. The Bertz CT molecular complexity index is 354. The molecular formula is C9H8BrN3. The predicted octanol–water partition coefficient (Wildman–Crippen LogP) is 4.04. The van der Waals surface area contributed by atoms with Crippen molar-refractivity contribution in [2.75, 3.05) is 5.33 Å². The third kappa shape index (κ3) is 2.93. The molecule has 0 fully saturated rings. The van der Waals surface area contributed by atoms with E-state index in [1.807, 2.05) is 30.4 Å². The molecule has 1 rings (SSSR count). The summed E-state index contributed by atoms with van der Waals surface area (Å²) >= 11 is 3.28. The summed E-state index contributed by atoms with van der Waals surface area (Å²) in [6.45, 7) is 0. The van der Waals surface area contributed by atoms with Crippen LogP contribution >= 0.6 is 15.9 Å². The van der Waals surface area contributed by atoms with Gasteiger partial charge in [-0.25, -0.2) is 0 Å². The number of halogens is 1. The van der Waals surface area contributed by atoms with Gasteiger partial charge in [0, 0.05) is 15.9 Å². The van der Waals surface area contributed by atoms with Crippen LogP contribution in [0.1, 0.15) is 5.56 Å². The van der Waals surface area contributed by atoms with Gasteiger partial charge in [-0.2, -0.15) is 0 Å². The van der Waals surface area contributed by atoms with Crippen LogP contribution in [-0.4, -0.2) is 5.33 Å². The molecule has 0 unspecified atom stereocenters. The molecule has 0 aliphatic rings. The average molecular weight is 238 g/mol. The highest BCUT2D eigenvalue weighted by molar-refractivity contribution is 9.09. The van der Waals surface area contributed by atoms with Crippen LogP contribution in [-0.2, 0) is 0 Å². The summed E-state index contributed by atoms with van der Waals surface area (Å²) in [5, 5.41) is 4.36. The maximum Gasteiger partial charge on any atom is 0.0447 e. The molecule has 0 N–H and O–H groups in total. The Morgan fingerprint density at radius 2 is 2.23 bits per heavy atom. The van der Waals surface area contributed by atoms with E-state index in [2.05, 4.69) is 26.0 Å². The average Bonchev–Trinajstić information content (AvgIpc) is 2.17. The number of hydrogen-bond donors (Lipinski definition) is 0. The number of benzene rings is 1. The Balaban J connectivity index is 3.04. The van der Waals surface area contributed by atoms with E-state index in [0.29, 0.717) is 5.69 Å². The Labute approximate surface area is 84.8 Å². The highest BCUT2D eigenvalue weighted by Gasteiger charge is 1.93. The molecule has 0 saturated heterocycles. The fourth-order valence-corrected chi connectivity index (χ4v) is 1.13. The van der Waals surface area contributed by atoms with Crippen molar-refractivity contribution in [2.24, 2.45) is 5.11 Å². The molecule has 0 radical (unpaired) electrons. The number of allylic oxidation sites excluding steroid dienone is 1. The highest BCUT2D eigenvalue weighted by Crippen LogP contribution is 2.19. The van der Waals surface area contributed by atoms with Gasteiger partial charge in [-0.15, -0.1) is 0 Å². The molecule has 0 aliphatic carbocycles. The van der Waals surface area contributed by atoms with Gasteiger partial charge in [0.25, 0.3) is 0 Å². The Morgan fingerprint density at radius 3 is 2.92 bits per heavy atom.